The number of nitrogens with one attached hydrogen (secondary N) is 1. The molecule has 23 heavy (non-hydrogen) atoms. The van der Waals surface area contributed by atoms with Crippen LogP contribution in [-0.2, 0) is 22.0 Å². The van der Waals surface area contributed by atoms with Crippen molar-refractivity contribution in [3.05, 3.63) is 34.9 Å². The molecule has 1 N–H and O–H groups in total. The number of hydrogen-bond acceptors (Lipinski definition) is 1. The summed E-state index contributed by atoms with van der Waals surface area (Å²) in [7, 11) is 0. The quantitative estimate of drug-likeness (QED) is 0.475. The van der Waals surface area contributed by atoms with E-state index in [4.69, 9.17) is 0 Å². The minimum absolute atomic E-state index is 0.198. The molecular formula is C21H34NO. The molecule has 0 saturated heterocycles. The Morgan fingerprint density at radius 3 is 2.22 bits per heavy atom. The molecule has 0 heterocycles. The van der Waals surface area contributed by atoms with Gasteiger partial charge in [-0.3, -0.25) is 4.79 Å². The third-order valence-electron chi connectivity index (χ3n) is 5.46. The Hall–Kier alpha value is -1.31. The second-order valence-corrected chi connectivity index (χ2v) is 7.83. The molecule has 2 nitrogen and oxygen atoms in total. The van der Waals surface area contributed by atoms with Gasteiger partial charge in [0.05, 0.1) is 0 Å². The predicted octanol–water partition coefficient (Wildman–Crippen LogP) is 5.04. The summed E-state index contributed by atoms with van der Waals surface area (Å²) in [5, 5.41) is 2.62. The molecule has 1 amide bonds. The molecule has 0 aliphatic rings. The number of hydrogen-bond donors (Lipinski definition) is 1. The zero-order valence-electron chi connectivity index (χ0n) is 15.9. The van der Waals surface area contributed by atoms with Gasteiger partial charge >= 0.3 is 6.41 Å². The number of amides is 1. The van der Waals surface area contributed by atoms with Crippen LogP contribution in [-0.4, -0.2) is 13.0 Å². The van der Waals surface area contributed by atoms with E-state index in [2.05, 4.69) is 65.1 Å². The maximum atomic E-state index is 10.2. The summed E-state index contributed by atoms with van der Waals surface area (Å²) >= 11 is 0. The van der Waals surface area contributed by atoms with Crippen LogP contribution in [0.15, 0.2) is 18.2 Å². The Balaban J connectivity index is 3.03. The first-order chi connectivity index (χ1) is 10.8. The van der Waals surface area contributed by atoms with E-state index < -0.39 is 0 Å². The van der Waals surface area contributed by atoms with Gasteiger partial charge < -0.3 is 5.32 Å². The maximum absolute atomic E-state index is 10.2. The van der Waals surface area contributed by atoms with Gasteiger partial charge in [-0.05, 0) is 59.6 Å². The molecule has 0 aliphatic heterocycles. The van der Waals surface area contributed by atoms with Crippen molar-refractivity contribution in [1.82, 2.24) is 5.32 Å². The van der Waals surface area contributed by atoms with Crippen molar-refractivity contribution < 1.29 is 4.79 Å². The zero-order valence-corrected chi connectivity index (χ0v) is 15.9. The number of aryl methyl sites for hydroxylation is 1. The van der Waals surface area contributed by atoms with Crippen LogP contribution in [0.4, 0.5) is 0 Å². The van der Waals surface area contributed by atoms with Gasteiger partial charge in [-0.2, -0.15) is 0 Å². The van der Waals surface area contributed by atoms with Crippen molar-refractivity contribution in [2.24, 2.45) is 0 Å². The lowest BCUT2D eigenvalue weighted by atomic mass is 9.74. The van der Waals surface area contributed by atoms with Crippen molar-refractivity contribution in [3.8, 4) is 0 Å². The minimum Gasteiger partial charge on any atom is -0.348 e. The lowest BCUT2D eigenvalue weighted by Crippen LogP contribution is -2.22. The van der Waals surface area contributed by atoms with Gasteiger partial charge in [0.2, 0.25) is 0 Å². The Morgan fingerprint density at radius 1 is 1.00 bits per heavy atom. The molecular weight excluding hydrogens is 282 g/mol. The van der Waals surface area contributed by atoms with E-state index >= 15 is 0 Å². The monoisotopic (exact) mass is 316 g/mol. The number of rotatable bonds is 10. The summed E-state index contributed by atoms with van der Waals surface area (Å²) in [5.74, 6) is 0. The average Bonchev–Trinajstić information content (AvgIpc) is 2.54. The van der Waals surface area contributed by atoms with Crippen molar-refractivity contribution in [2.45, 2.75) is 84.5 Å². The highest BCUT2D eigenvalue weighted by atomic mass is 16.1. The van der Waals surface area contributed by atoms with E-state index in [0.717, 1.165) is 38.6 Å². The highest BCUT2D eigenvalue weighted by molar-refractivity contribution is 5.46. The van der Waals surface area contributed by atoms with E-state index in [9.17, 15) is 4.79 Å². The second kappa shape index (κ2) is 8.52. The summed E-state index contributed by atoms with van der Waals surface area (Å²) < 4.78 is 0. The molecule has 1 aromatic carbocycles. The van der Waals surface area contributed by atoms with E-state index in [1.807, 2.05) is 0 Å². The van der Waals surface area contributed by atoms with Gasteiger partial charge in [-0.25, -0.2) is 0 Å². The number of unbranched alkanes of at least 4 members (excludes halogenated alkanes) is 1. The Labute approximate surface area is 143 Å². The Kier molecular flexibility index (Phi) is 7.31. The summed E-state index contributed by atoms with van der Waals surface area (Å²) in [6.07, 6.45) is 7.20. The molecule has 129 valence electrons. The second-order valence-electron chi connectivity index (χ2n) is 7.83. The van der Waals surface area contributed by atoms with E-state index in [1.165, 1.54) is 16.7 Å². The summed E-state index contributed by atoms with van der Waals surface area (Å²) in [4.78, 5) is 10.2. The molecule has 0 aromatic heterocycles. The molecule has 0 aliphatic carbocycles. The number of benzene rings is 1. The third-order valence-corrected chi connectivity index (χ3v) is 5.46. The number of carbonyl (C=O) groups excluding carboxylic acids is 1. The standard InChI is InChI=1S/C21H34NO/c1-7-20(3,4)18-13-12-17(11-9-10-14-22-16-23)19(15-18)21(5,6)8-2/h12-13,15H,7-11,14H2,1-6H3,(H,22,23). The van der Waals surface area contributed by atoms with Crippen molar-refractivity contribution in [2.75, 3.05) is 6.54 Å². The van der Waals surface area contributed by atoms with Crippen molar-refractivity contribution in [3.63, 3.8) is 0 Å². The van der Waals surface area contributed by atoms with Gasteiger partial charge in [0.25, 0.3) is 0 Å². The Bertz CT molecular complexity index is 503. The molecule has 0 fully saturated rings. The topological polar surface area (TPSA) is 29.1 Å². The lowest BCUT2D eigenvalue weighted by molar-refractivity contribution is 0.484. The summed E-state index contributed by atoms with van der Waals surface area (Å²) in [5.41, 5.74) is 4.82. The molecule has 1 aromatic rings. The van der Waals surface area contributed by atoms with E-state index in [0.29, 0.717) is 0 Å². The van der Waals surface area contributed by atoms with E-state index in [-0.39, 0.29) is 10.8 Å². The first kappa shape index (κ1) is 19.7. The van der Waals surface area contributed by atoms with Crippen LogP contribution in [0.1, 0.15) is 83.9 Å². The fourth-order valence-electron chi connectivity index (χ4n) is 2.82. The fourth-order valence-corrected chi connectivity index (χ4v) is 2.82. The molecule has 0 atom stereocenters. The first-order valence-corrected chi connectivity index (χ1v) is 9.02. The van der Waals surface area contributed by atoms with Gasteiger partial charge in [0.1, 0.15) is 0 Å². The first-order valence-electron chi connectivity index (χ1n) is 9.02. The maximum Gasteiger partial charge on any atom is 0.309 e. The predicted molar refractivity (Wildman–Crippen MR) is 99.7 cm³/mol. The molecule has 0 spiro atoms. The van der Waals surface area contributed by atoms with Crippen LogP contribution in [0.25, 0.3) is 0 Å². The normalized spacial score (nSPS) is 12.3. The molecule has 2 heteroatoms. The van der Waals surface area contributed by atoms with Gasteiger partial charge in [0, 0.05) is 6.54 Å². The summed E-state index contributed by atoms with van der Waals surface area (Å²) in [6.45, 7) is 14.6. The van der Waals surface area contributed by atoms with Gasteiger partial charge in [0.15, 0.2) is 0 Å². The SMILES string of the molecule is CCC(C)(C)c1ccc(CCCCN[C]=O)c(C(C)(C)CC)c1. The van der Waals surface area contributed by atoms with Crippen LogP contribution >= 0.6 is 0 Å². The lowest BCUT2D eigenvalue weighted by Gasteiger charge is -2.31. The molecule has 0 unspecified atom stereocenters. The van der Waals surface area contributed by atoms with Crippen LogP contribution in [0.2, 0.25) is 0 Å². The van der Waals surface area contributed by atoms with Crippen LogP contribution in [0, 0.1) is 0 Å². The average molecular weight is 317 g/mol. The fraction of sp³-hybridized carbons (Fsp3) is 0.667. The van der Waals surface area contributed by atoms with Crippen LogP contribution < -0.4 is 5.32 Å². The zero-order chi connectivity index (χ0) is 17.5. The van der Waals surface area contributed by atoms with E-state index in [1.54, 1.807) is 6.41 Å². The highest BCUT2D eigenvalue weighted by Crippen LogP contribution is 2.35. The summed E-state index contributed by atoms with van der Waals surface area (Å²) in [6, 6.07) is 7.09. The van der Waals surface area contributed by atoms with Gasteiger partial charge in [-0.15, -0.1) is 0 Å². The molecule has 1 radical (unpaired) electrons. The molecule has 1 rings (SSSR count). The molecule has 0 saturated carbocycles. The smallest absolute Gasteiger partial charge is 0.309 e. The van der Waals surface area contributed by atoms with Crippen molar-refractivity contribution >= 4 is 6.41 Å². The third kappa shape index (κ3) is 5.37. The van der Waals surface area contributed by atoms with Crippen LogP contribution in [0.5, 0.6) is 0 Å². The largest absolute Gasteiger partial charge is 0.348 e. The van der Waals surface area contributed by atoms with Crippen LogP contribution in [0.3, 0.4) is 0 Å². The highest BCUT2D eigenvalue weighted by Gasteiger charge is 2.25. The Morgan fingerprint density at radius 2 is 1.65 bits per heavy atom. The molecule has 0 bridgehead atoms. The van der Waals surface area contributed by atoms with Crippen molar-refractivity contribution in [1.29, 1.82) is 0 Å². The minimum atomic E-state index is 0.198. The van der Waals surface area contributed by atoms with Gasteiger partial charge in [-0.1, -0.05) is 59.7 Å².